The number of thiocarbonyl (C=S) groups is 2. The van der Waals surface area contributed by atoms with E-state index >= 15 is 0 Å². The van der Waals surface area contributed by atoms with Gasteiger partial charge in [0, 0.05) is 23.5 Å². The van der Waals surface area contributed by atoms with E-state index in [0.717, 1.165) is 0 Å². The molecule has 0 aliphatic carbocycles. The maximum atomic E-state index is 8.90. The summed E-state index contributed by atoms with van der Waals surface area (Å²) in [5.74, 6) is 0. The second-order valence-electron chi connectivity index (χ2n) is 2.07. The van der Waals surface area contributed by atoms with Gasteiger partial charge in [0.25, 0.3) is 0 Å². The molecular weight excluding hydrogens is 194 g/mol. The average molecular weight is 199 g/mol. The first-order valence-corrected chi connectivity index (χ1v) is 3.84. The summed E-state index contributed by atoms with van der Waals surface area (Å²) in [6.07, 6.45) is 2.79. The molecule has 1 heterocycles. The van der Waals surface area contributed by atoms with E-state index < -0.39 is 0 Å². The lowest BCUT2D eigenvalue weighted by Gasteiger charge is -1.98. The van der Waals surface area contributed by atoms with Crippen LogP contribution in [0, 0.1) is 0 Å². The van der Waals surface area contributed by atoms with Crippen LogP contribution in [-0.2, 0) is 0 Å². The second-order valence-corrected chi connectivity index (χ2v) is 2.85. The first-order chi connectivity index (χ1) is 5.61. The molecule has 12 heavy (non-hydrogen) atoms. The van der Waals surface area contributed by atoms with E-state index in [1.165, 1.54) is 18.5 Å². The maximum Gasteiger partial charge on any atom is 0.190 e. The van der Waals surface area contributed by atoms with Crippen LogP contribution in [-0.4, -0.2) is 25.3 Å². The van der Waals surface area contributed by atoms with Crippen molar-refractivity contribution in [2.45, 2.75) is 0 Å². The zero-order chi connectivity index (χ0) is 9.14. The van der Waals surface area contributed by atoms with Gasteiger partial charge in [0.05, 0.1) is 0 Å². The van der Waals surface area contributed by atoms with E-state index in [1.54, 1.807) is 0 Å². The van der Waals surface area contributed by atoms with E-state index in [0.29, 0.717) is 11.1 Å². The van der Waals surface area contributed by atoms with Crippen LogP contribution >= 0.6 is 24.4 Å². The van der Waals surface area contributed by atoms with Crippen molar-refractivity contribution >= 4 is 34.5 Å². The Kier molecular flexibility index (Phi) is 2.67. The van der Waals surface area contributed by atoms with E-state index in [1.807, 2.05) is 0 Å². The van der Waals surface area contributed by atoms with Crippen molar-refractivity contribution in [2.24, 2.45) is 0 Å². The van der Waals surface area contributed by atoms with Gasteiger partial charge in [-0.25, -0.2) is 0 Å². The van der Waals surface area contributed by atoms with Crippen molar-refractivity contribution in [1.82, 2.24) is 4.98 Å². The van der Waals surface area contributed by atoms with Crippen LogP contribution in [0.2, 0.25) is 0 Å². The van der Waals surface area contributed by atoms with E-state index in [4.69, 9.17) is 10.2 Å². The van der Waals surface area contributed by atoms with Crippen molar-refractivity contribution in [2.75, 3.05) is 0 Å². The Hall–Kier alpha value is -1.07. The normalized spacial score (nSPS) is 9.33. The fourth-order valence-electron chi connectivity index (χ4n) is 0.674. The Labute approximate surface area is 79.7 Å². The molecule has 3 nitrogen and oxygen atoms in total. The lowest BCUT2D eigenvalue weighted by atomic mass is 10.2. The molecule has 0 bridgehead atoms. The molecule has 0 amide bonds. The predicted molar refractivity (Wildman–Crippen MR) is 52.9 cm³/mol. The first kappa shape index (κ1) is 9.02. The summed E-state index contributed by atoms with van der Waals surface area (Å²) >= 11 is 9.00. The molecule has 1 rings (SSSR count). The number of aliphatic hydroxyl groups excluding tert-OH is 2. The summed E-state index contributed by atoms with van der Waals surface area (Å²) < 4.78 is 0. The molecule has 1 aromatic rings. The summed E-state index contributed by atoms with van der Waals surface area (Å²) in [7, 11) is 0. The van der Waals surface area contributed by atoms with Crippen LogP contribution in [0.4, 0.5) is 0 Å². The smallest absolute Gasteiger partial charge is 0.190 e. The van der Waals surface area contributed by atoms with Crippen molar-refractivity contribution < 1.29 is 10.2 Å². The van der Waals surface area contributed by atoms with Gasteiger partial charge in [-0.1, -0.05) is 0 Å². The van der Waals surface area contributed by atoms with Crippen LogP contribution in [0.1, 0.15) is 11.1 Å². The molecular formula is C7H5NO2S2. The lowest BCUT2D eigenvalue weighted by Crippen LogP contribution is -2.01. The Balaban J connectivity index is 3.12. The highest BCUT2D eigenvalue weighted by atomic mass is 32.1. The molecule has 0 spiro atoms. The Morgan fingerprint density at radius 3 is 1.83 bits per heavy atom. The zero-order valence-electron chi connectivity index (χ0n) is 5.89. The maximum absolute atomic E-state index is 8.90. The van der Waals surface area contributed by atoms with E-state index in [2.05, 4.69) is 29.4 Å². The molecule has 1 aromatic heterocycles. The third-order valence-electron chi connectivity index (χ3n) is 1.23. The van der Waals surface area contributed by atoms with Crippen molar-refractivity contribution in [1.29, 1.82) is 0 Å². The number of hydrogen-bond donors (Lipinski definition) is 2. The highest BCUT2D eigenvalue weighted by Crippen LogP contribution is 2.03. The SMILES string of the molecule is OC(=S)c1cncc(C(O)=S)c1. The fraction of sp³-hybridized carbons (Fsp3) is 0. The molecule has 0 saturated carbocycles. The molecule has 0 unspecified atom stereocenters. The highest BCUT2D eigenvalue weighted by molar-refractivity contribution is 7.80. The molecule has 0 atom stereocenters. The predicted octanol–water partition coefficient (Wildman–Crippen LogP) is 1.55. The molecule has 2 N–H and O–H groups in total. The topological polar surface area (TPSA) is 53.4 Å². The number of aromatic nitrogens is 1. The Bertz CT molecular complexity index is 309. The Morgan fingerprint density at radius 1 is 1.08 bits per heavy atom. The molecule has 0 fully saturated rings. The molecule has 62 valence electrons. The second kappa shape index (κ2) is 3.55. The van der Waals surface area contributed by atoms with Crippen molar-refractivity contribution in [3.8, 4) is 0 Å². The summed E-state index contributed by atoms with van der Waals surface area (Å²) in [5, 5.41) is 17.3. The number of nitrogens with zero attached hydrogens (tertiary/aromatic N) is 1. The Morgan fingerprint density at radius 2 is 1.50 bits per heavy atom. The summed E-state index contributed by atoms with van der Waals surface area (Å²) in [6, 6.07) is 1.47. The van der Waals surface area contributed by atoms with Gasteiger partial charge in [-0.15, -0.1) is 0 Å². The number of aliphatic hydroxyl groups is 2. The quantitative estimate of drug-likeness (QED) is 0.708. The highest BCUT2D eigenvalue weighted by Gasteiger charge is 2.02. The summed E-state index contributed by atoms with van der Waals surface area (Å²) in [5.41, 5.74) is 0.748. The number of hydrogen-bond acceptors (Lipinski definition) is 3. The van der Waals surface area contributed by atoms with Gasteiger partial charge in [-0.2, -0.15) is 0 Å². The number of pyridine rings is 1. The summed E-state index contributed by atoms with van der Waals surface area (Å²) in [6.45, 7) is 0. The standard InChI is InChI=1S/C7H5NO2S2/c9-6(11)4-1-5(7(10)12)3-8-2-4/h1-3H,(H,9,11)(H,10,12). The third kappa shape index (κ3) is 1.96. The molecule has 0 aliphatic heterocycles. The van der Waals surface area contributed by atoms with E-state index in [9.17, 15) is 0 Å². The van der Waals surface area contributed by atoms with Crippen LogP contribution in [0.5, 0.6) is 0 Å². The third-order valence-corrected chi connectivity index (χ3v) is 1.70. The number of rotatable bonds is 2. The van der Waals surface area contributed by atoms with Crippen molar-refractivity contribution in [3.63, 3.8) is 0 Å². The minimum atomic E-state index is -0.263. The zero-order valence-corrected chi connectivity index (χ0v) is 7.52. The molecule has 0 saturated heterocycles. The van der Waals surface area contributed by atoms with Crippen LogP contribution in [0.3, 0.4) is 0 Å². The minimum absolute atomic E-state index is 0.263. The van der Waals surface area contributed by atoms with Crippen LogP contribution < -0.4 is 0 Å². The van der Waals surface area contributed by atoms with E-state index in [-0.39, 0.29) is 10.1 Å². The first-order valence-electron chi connectivity index (χ1n) is 3.03. The van der Waals surface area contributed by atoms with Crippen molar-refractivity contribution in [3.05, 3.63) is 29.6 Å². The lowest BCUT2D eigenvalue weighted by molar-refractivity contribution is 0.568. The molecule has 5 heteroatoms. The molecule has 0 aromatic carbocycles. The van der Waals surface area contributed by atoms with Gasteiger partial charge < -0.3 is 10.2 Å². The fourth-order valence-corrected chi connectivity index (χ4v) is 0.897. The summed E-state index contributed by atoms with van der Waals surface area (Å²) in [4.78, 5) is 3.73. The minimum Gasteiger partial charge on any atom is -0.498 e. The monoisotopic (exact) mass is 199 g/mol. The van der Waals surface area contributed by atoms with Crippen LogP contribution in [0.25, 0.3) is 0 Å². The largest absolute Gasteiger partial charge is 0.498 e. The molecule has 0 radical (unpaired) electrons. The van der Waals surface area contributed by atoms with Crippen LogP contribution in [0.15, 0.2) is 18.5 Å². The van der Waals surface area contributed by atoms with Gasteiger partial charge in [-0.3, -0.25) is 4.98 Å². The van der Waals surface area contributed by atoms with Gasteiger partial charge in [-0.05, 0) is 30.5 Å². The van der Waals surface area contributed by atoms with Gasteiger partial charge in [0.2, 0.25) is 0 Å². The van der Waals surface area contributed by atoms with Gasteiger partial charge in [0.1, 0.15) is 0 Å². The average Bonchev–Trinajstić information content (AvgIpc) is 2.04. The van der Waals surface area contributed by atoms with Gasteiger partial charge in [0.15, 0.2) is 10.1 Å². The van der Waals surface area contributed by atoms with Gasteiger partial charge >= 0.3 is 0 Å². The molecule has 0 aliphatic rings.